The fraction of sp³-hybridized carbons (Fsp3) is 0.558. The maximum absolute atomic E-state index is 14.2. The number of amides is 4. The van der Waals surface area contributed by atoms with Gasteiger partial charge < -0.3 is 35.2 Å². The van der Waals surface area contributed by atoms with Crippen molar-refractivity contribution in [3.63, 3.8) is 0 Å². The van der Waals surface area contributed by atoms with Gasteiger partial charge in [0, 0.05) is 31.7 Å². The largest absolute Gasteiger partial charge is 0.460 e. The second-order valence-corrected chi connectivity index (χ2v) is 15.1. The lowest BCUT2D eigenvalue weighted by Gasteiger charge is -2.39. The maximum Gasteiger partial charge on any atom is 0.340 e. The van der Waals surface area contributed by atoms with Gasteiger partial charge in [-0.1, -0.05) is 88.6 Å². The second kappa shape index (κ2) is 20.3. The van der Waals surface area contributed by atoms with E-state index in [1.807, 2.05) is 75.4 Å². The molecule has 4 amide bonds. The number of para-hydroxylation sites is 1. The number of unbranched alkanes of at least 4 members (excludes halogenated alkanes) is 2. The Bertz CT molecular complexity index is 1800. The molecule has 0 radical (unpaired) electrons. The zero-order valence-electron chi connectivity index (χ0n) is 33.5. The van der Waals surface area contributed by atoms with Crippen LogP contribution in [0, 0.1) is 5.92 Å². The molecule has 0 bridgehead atoms. The molecule has 7 atom stereocenters. The minimum Gasteiger partial charge on any atom is -0.460 e. The molecule has 304 valence electrons. The highest BCUT2D eigenvalue weighted by atomic mass is 16.6. The fourth-order valence-corrected chi connectivity index (χ4v) is 7.82. The predicted molar refractivity (Wildman–Crippen MR) is 212 cm³/mol. The number of piperidine rings is 1. The summed E-state index contributed by atoms with van der Waals surface area (Å²) in [5.74, 6) is -2.21. The van der Waals surface area contributed by atoms with Gasteiger partial charge in [-0.15, -0.1) is 0 Å². The first-order chi connectivity index (χ1) is 27.1. The number of ether oxygens (including phenoxy) is 2. The number of fused-ring (bicyclic) bond motifs is 2. The number of hydrogen-bond acceptors (Lipinski definition) is 8. The Morgan fingerprint density at radius 1 is 0.839 bits per heavy atom. The third-order valence-electron chi connectivity index (χ3n) is 11.3. The van der Waals surface area contributed by atoms with E-state index < -0.39 is 48.1 Å². The number of nitrogens with zero attached hydrogens (tertiary/aromatic N) is 2. The highest BCUT2D eigenvalue weighted by Crippen LogP contribution is 2.25. The lowest BCUT2D eigenvalue weighted by molar-refractivity contribution is -0.162. The average Bonchev–Trinajstić information content (AvgIpc) is 3.58. The van der Waals surface area contributed by atoms with E-state index in [1.165, 1.54) is 7.11 Å². The van der Waals surface area contributed by atoms with Gasteiger partial charge in [0.15, 0.2) is 6.10 Å². The van der Waals surface area contributed by atoms with Crippen molar-refractivity contribution in [2.45, 2.75) is 128 Å². The highest BCUT2D eigenvalue weighted by molar-refractivity contribution is 5.98. The summed E-state index contributed by atoms with van der Waals surface area (Å²) in [5.41, 5.74) is 2.32. The van der Waals surface area contributed by atoms with Crippen LogP contribution in [-0.2, 0) is 39.9 Å². The van der Waals surface area contributed by atoms with Gasteiger partial charge in [-0.3, -0.25) is 19.2 Å². The van der Waals surface area contributed by atoms with Crippen LogP contribution in [0.3, 0.4) is 0 Å². The van der Waals surface area contributed by atoms with Crippen molar-refractivity contribution in [1.82, 2.24) is 25.6 Å². The molecule has 13 heteroatoms. The normalized spacial score (nSPS) is 22.4. The minimum atomic E-state index is -1.04. The number of esters is 1. The molecular weight excluding hydrogens is 714 g/mol. The lowest BCUT2D eigenvalue weighted by Crippen LogP contribution is -2.64. The first kappa shape index (κ1) is 42.2. The number of carbonyl (C=O) groups excluding carboxylic acids is 5. The minimum absolute atomic E-state index is 0.133. The fourth-order valence-electron chi connectivity index (χ4n) is 7.82. The van der Waals surface area contributed by atoms with Crippen molar-refractivity contribution < 1.29 is 38.3 Å². The van der Waals surface area contributed by atoms with Crippen LogP contribution in [0.15, 0.2) is 60.8 Å². The molecule has 56 heavy (non-hydrogen) atoms. The van der Waals surface area contributed by atoms with Crippen LogP contribution in [0.4, 0.5) is 0 Å². The van der Waals surface area contributed by atoms with Gasteiger partial charge in [0.1, 0.15) is 37.4 Å². The van der Waals surface area contributed by atoms with Gasteiger partial charge in [-0.25, -0.2) is 4.79 Å². The molecular formula is C43H59N5O8. The van der Waals surface area contributed by atoms with Crippen molar-refractivity contribution in [2.75, 3.05) is 20.8 Å². The Morgan fingerprint density at radius 2 is 1.55 bits per heavy atom. The Labute approximate surface area is 330 Å². The molecule has 3 N–H and O–H groups in total. The molecule has 3 aromatic rings. The van der Waals surface area contributed by atoms with Crippen LogP contribution < -0.4 is 20.8 Å². The van der Waals surface area contributed by atoms with E-state index in [1.54, 1.807) is 22.9 Å². The molecule has 2 aliphatic rings. The van der Waals surface area contributed by atoms with E-state index in [0.29, 0.717) is 51.5 Å². The van der Waals surface area contributed by atoms with Gasteiger partial charge in [0.2, 0.25) is 23.6 Å². The molecule has 5 rings (SSSR count). The molecule has 2 aromatic carbocycles. The van der Waals surface area contributed by atoms with Gasteiger partial charge in [-0.05, 0) is 68.1 Å². The van der Waals surface area contributed by atoms with E-state index in [0.717, 1.165) is 41.3 Å². The smallest absolute Gasteiger partial charge is 0.340 e. The molecule has 2 saturated heterocycles. The summed E-state index contributed by atoms with van der Waals surface area (Å²) in [7, 11) is 3.04. The highest BCUT2D eigenvalue weighted by Gasteiger charge is 2.41. The van der Waals surface area contributed by atoms with Crippen molar-refractivity contribution >= 4 is 40.5 Å². The van der Waals surface area contributed by atoms with Crippen molar-refractivity contribution in [2.24, 2.45) is 5.92 Å². The second-order valence-electron chi connectivity index (χ2n) is 15.1. The Hall–Kier alpha value is -4.91. The van der Waals surface area contributed by atoms with Gasteiger partial charge in [-0.2, -0.15) is 4.73 Å². The summed E-state index contributed by atoms with van der Waals surface area (Å²) in [6.07, 6.45) is 7.07. The third kappa shape index (κ3) is 10.3. The zero-order chi connectivity index (χ0) is 40.2. The number of benzene rings is 2. The SMILES string of the molecule is CCC(C)[C@@H]1NC(=O)[C@H](Cc2cn(OC)c3ccccc23)NC(=O)[C@H](CCCCC[C@@H](CC)OC(=O)[C@@H](OC)c2ccccc2)NC(=O)[C@H]2CCCCN2C1=O. The summed E-state index contributed by atoms with van der Waals surface area (Å²) in [5, 5.41) is 9.84. The van der Waals surface area contributed by atoms with Crippen LogP contribution in [0.2, 0.25) is 0 Å². The summed E-state index contributed by atoms with van der Waals surface area (Å²) in [4.78, 5) is 76.8. The summed E-state index contributed by atoms with van der Waals surface area (Å²) in [6, 6.07) is 13.3. The van der Waals surface area contributed by atoms with Crippen LogP contribution in [0.5, 0.6) is 0 Å². The molecule has 1 unspecified atom stereocenters. The number of carbonyl (C=O) groups is 5. The summed E-state index contributed by atoms with van der Waals surface area (Å²) >= 11 is 0. The molecule has 0 saturated carbocycles. The van der Waals surface area contributed by atoms with Crippen molar-refractivity contribution in [3.8, 4) is 0 Å². The quantitative estimate of drug-likeness (QED) is 0.139. The van der Waals surface area contributed by atoms with E-state index in [2.05, 4.69) is 16.0 Å². The van der Waals surface area contributed by atoms with Crippen LogP contribution in [-0.4, -0.2) is 90.3 Å². The lowest BCUT2D eigenvalue weighted by atomic mass is 9.93. The molecule has 2 aliphatic heterocycles. The molecule has 1 aromatic heterocycles. The summed E-state index contributed by atoms with van der Waals surface area (Å²) in [6.45, 7) is 6.24. The van der Waals surface area contributed by atoms with Crippen molar-refractivity contribution in [1.29, 1.82) is 0 Å². The van der Waals surface area contributed by atoms with E-state index in [4.69, 9.17) is 14.3 Å². The maximum atomic E-state index is 14.2. The van der Waals surface area contributed by atoms with Gasteiger partial charge in [0.25, 0.3) is 0 Å². The number of methoxy groups -OCH3 is 1. The molecule has 0 aliphatic carbocycles. The monoisotopic (exact) mass is 773 g/mol. The Kier molecular flexibility index (Phi) is 15.3. The number of nitrogens with one attached hydrogen (secondary N) is 3. The number of rotatable bonds is 16. The topological polar surface area (TPSA) is 157 Å². The zero-order valence-corrected chi connectivity index (χ0v) is 33.5. The third-order valence-corrected chi connectivity index (χ3v) is 11.3. The predicted octanol–water partition coefficient (Wildman–Crippen LogP) is 4.80. The number of aromatic nitrogens is 1. The van der Waals surface area contributed by atoms with Gasteiger partial charge in [0.05, 0.1) is 5.52 Å². The molecule has 2 fully saturated rings. The van der Waals surface area contributed by atoms with Crippen LogP contribution >= 0.6 is 0 Å². The summed E-state index contributed by atoms with van der Waals surface area (Å²) < 4.78 is 12.9. The molecule has 3 heterocycles. The van der Waals surface area contributed by atoms with E-state index >= 15 is 0 Å². The van der Waals surface area contributed by atoms with Crippen molar-refractivity contribution in [3.05, 3.63) is 71.9 Å². The average molecular weight is 774 g/mol. The van der Waals surface area contributed by atoms with E-state index in [9.17, 15) is 24.0 Å². The van der Waals surface area contributed by atoms with Crippen LogP contribution in [0.1, 0.15) is 102 Å². The molecule has 0 spiro atoms. The van der Waals surface area contributed by atoms with Crippen LogP contribution in [0.25, 0.3) is 10.9 Å². The first-order valence-corrected chi connectivity index (χ1v) is 20.2. The molecule has 13 nitrogen and oxygen atoms in total. The van der Waals surface area contributed by atoms with Gasteiger partial charge >= 0.3 is 5.97 Å². The van der Waals surface area contributed by atoms with E-state index in [-0.39, 0.29) is 30.3 Å². The standard InChI is InChI=1S/C43H59N5O8/c1-6-28(3)37-42(52)47-25-17-16-24-36(47)41(51)44-33(22-13-9-12-20-31(7-2)56-43(53)38(54-4)29-18-10-8-11-19-29)39(49)45-34(40(50)46-37)26-30-27-48(55-5)35-23-15-14-21-32(30)35/h8,10-11,14-15,18-19,21,23,27-28,31,33-34,36-38H,6-7,9,12-13,16-17,20,22,24-26H2,1-5H3,(H,44,51)(H,45,49)(H,46,50)/t28?,31-,33+,34+,36-,37+,38+/m1/s1. The Balaban J connectivity index is 1.32. The Morgan fingerprint density at radius 3 is 2.27 bits per heavy atom. The number of hydrogen-bond donors (Lipinski definition) is 3. The first-order valence-electron chi connectivity index (χ1n) is 20.2.